The maximum atomic E-state index is 11.0. The molecule has 3 nitrogen and oxygen atoms in total. The van der Waals surface area contributed by atoms with Crippen LogP contribution in [0.25, 0.3) is 0 Å². The molecule has 0 aromatic heterocycles. The zero-order valence-electron chi connectivity index (χ0n) is 8.60. The van der Waals surface area contributed by atoms with Crippen LogP contribution in [0.15, 0.2) is 30.3 Å². The van der Waals surface area contributed by atoms with Crippen molar-refractivity contribution in [2.45, 2.75) is 19.8 Å². The molecule has 0 radical (unpaired) electrons. The van der Waals surface area contributed by atoms with Gasteiger partial charge in [0.1, 0.15) is 5.78 Å². The van der Waals surface area contributed by atoms with Gasteiger partial charge in [-0.2, -0.15) is 0 Å². The summed E-state index contributed by atoms with van der Waals surface area (Å²) in [5.74, 6) is -2.60. The van der Waals surface area contributed by atoms with Gasteiger partial charge in [-0.15, -0.1) is 0 Å². The van der Waals surface area contributed by atoms with Crippen molar-refractivity contribution in [3.63, 3.8) is 0 Å². The molecule has 15 heavy (non-hydrogen) atoms. The van der Waals surface area contributed by atoms with Gasteiger partial charge in [0, 0.05) is 0 Å². The number of aliphatic carboxylic acids is 1. The van der Waals surface area contributed by atoms with Crippen molar-refractivity contribution in [2.75, 3.05) is 0 Å². The Kier molecular flexibility index (Phi) is 4.03. The van der Waals surface area contributed by atoms with Crippen LogP contribution < -0.4 is 5.11 Å². The predicted molar refractivity (Wildman–Crippen MR) is 53.9 cm³/mol. The van der Waals surface area contributed by atoms with Gasteiger partial charge in [-0.1, -0.05) is 30.3 Å². The van der Waals surface area contributed by atoms with Crippen LogP contribution in [0.3, 0.4) is 0 Å². The van der Waals surface area contributed by atoms with Crippen molar-refractivity contribution < 1.29 is 14.7 Å². The molecule has 0 aliphatic heterocycles. The Labute approximate surface area is 88.7 Å². The molecule has 0 saturated heterocycles. The molecule has 1 unspecified atom stereocenters. The van der Waals surface area contributed by atoms with E-state index in [1.807, 2.05) is 30.3 Å². The van der Waals surface area contributed by atoms with Gasteiger partial charge in [0.15, 0.2) is 0 Å². The summed E-state index contributed by atoms with van der Waals surface area (Å²) in [6.45, 7) is 1.28. The largest absolute Gasteiger partial charge is 0.549 e. The Balaban J connectivity index is 2.55. The van der Waals surface area contributed by atoms with E-state index >= 15 is 0 Å². The molecular formula is C12H13O3-. The molecule has 0 saturated carbocycles. The van der Waals surface area contributed by atoms with Crippen LogP contribution in [0.4, 0.5) is 0 Å². The van der Waals surface area contributed by atoms with Crippen molar-refractivity contribution in [1.82, 2.24) is 0 Å². The van der Waals surface area contributed by atoms with Gasteiger partial charge in [0.05, 0.1) is 11.9 Å². The number of carbonyl (C=O) groups is 2. The van der Waals surface area contributed by atoms with E-state index in [4.69, 9.17) is 0 Å². The number of hydrogen-bond donors (Lipinski definition) is 0. The maximum Gasteiger partial charge on any atom is 0.138 e. The highest BCUT2D eigenvalue weighted by molar-refractivity contribution is 5.95. The highest BCUT2D eigenvalue weighted by Crippen LogP contribution is 2.10. The van der Waals surface area contributed by atoms with Gasteiger partial charge >= 0.3 is 0 Å². The molecule has 1 aromatic carbocycles. The Morgan fingerprint density at radius 1 is 1.27 bits per heavy atom. The van der Waals surface area contributed by atoms with E-state index < -0.39 is 11.9 Å². The summed E-state index contributed by atoms with van der Waals surface area (Å²) in [5, 5.41) is 10.6. The first-order chi connectivity index (χ1) is 7.11. The zero-order chi connectivity index (χ0) is 11.3. The molecule has 0 fully saturated rings. The van der Waals surface area contributed by atoms with Gasteiger partial charge < -0.3 is 9.90 Å². The van der Waals surface area contributed by atoms with E-state index in [1.165, 1.54) is 6.92 Å². The van der Waals surface area contributed by atoms with Gasteiger partial charge in [0.25, 0.3) is 0 Å². The second-order valence-corrected chi connectivity index (χ2v) is 3.51. The number of aryl methyl sites for hydroxylation is 1. The van der Waals surface area contributed by atoms with E-state index in [9.17, 15) is 14.7 Å². The molecule has 0 amide bonds. The van der Waals surface area contributed by atoms with Crippen molar-refractivity contribution in [2.24, 2.45) is 5.92 Å². The molecule has 0 heterocycles. The smallest absolute Gasteiger partial charge is 0.138 e. The van der Waals surface area contributed by atoms with Gasteiger partial charge in [-0.05, 0) is 25.3 Å². The molecular weight excluding hydrogens is 192 g/mol. The third-order valence-corrected chi connectivity index (χ3v) is 2.34. The summed E-state index contributed by atoms with van der Waals surface area (Å²) in [6, 6.07) is 9.48. The highest BCUT2D eigenvalue weighted by Gasteiger charge is 2.14. The van der Waals surface area contributed by atoms with Crippen LogP contribution in [0.5, 0.6) is 0 Å². The SMILES string of the molecule is CC(=O)C(CCc1ccccc1)C(=O)[O-]. The van der Waals surface area contributed by atoms with E-state index in [0.29, 0.717) is 12.8 Å². The Morgan fingerprint density at radius 3 is 2.33 bits per heavy atom. The number of rotatable bonds is 5. The molecule has 0 spiro atoms. The summed E-state index contributed by atoms with van der Waals surface area (Å²) in [5.41, 5.74) is 1.03. The number of benzene rings is 1. The molecule has 1 rings (SSSR count). The van der Waals surface area contributed by atoms with Crippen LogP contribution in [-0.2, 0) is 16.0 Å². The normalized spacial score (nSPS) is 12.1. The lowest BCUT2D eigenvalue weighted by Crippen LogP contribution is -2.35. The average molecular weight is 205 g/mol. The number of Topliss-reactive ketones (excluding diaryl/α,β-unsaturated/α-hetero) is 1. The maximum absolute atomic E-state index is 11.0. The molecule has 0 bridgehead atoms. The molecule has 0 aliphatic rings. The van der Waals surface area contributed by atoms with Crippen molar-refractivity contribution in [3.8, 4) is 0 Å². The van der Waals surface area contributed by atoms with Gasteiger partial charge in [0.2, 0.25) is 0 Å². The first-order valence-corrected chi connectivity index (χ1v) is 4.86. The number of hydrogen-bond acceptors (Lipinski definition) is 3. The van der Waals surface area contributed by atoms with Crippen molar-refractivity contribution >= 4 is 11.8 Å². The Morgan fingerprint density at radius 2 is 1.87 bits per heavy atom. The minimum atomic E-state index is -1.28. The predicted octanol–water partition coefficient (Wildman–Crippen LogP) is 0.574. The van der Waals surface area contributed by atoms with Crippen molar-refractivity contribution in [3.05, 3.63) is 35.9 Å². The molecule has 1 aromatic rings. The Bertz CT molecular complexity index is 329. The third kappa shape index (κ3) is 3.54. The third-order valence-electron chi connectivity index (χ3n) is 2.34. The quantitative estimate of drug-likeness (QED) is 0.660. The van der Waals surface area contributed by atoms with E-state index in [0.717, 1.165) is 5.56 Å². The topological polar surface area (TPSA) is 57.2 Å². The van der Waals surface area contributed by atoms with Crippen LogP contribution in [0.2, 0.25) is 0 Å². The monoisotopic (exact) mass is 205 g/mol. The first-order valence-electron chi connectivity index (χ1n) is 4.86. The molecule has 0 N–H and O–H groups in total. The zero-order valence-corrected chi connectivity index (χ0v) is 8.60. The molecule has 0 aliphatic carbocycles. The number of carboxylic acids is 1. The number of ketones is 1. The molecule has 1 atom stereocenters. The summed E-state index contributed by atoms with van der Waals surface area (Å²) in [6.07, 6.45) is 0.890. The van der Waals surface area contributed by atoms with E-state index in [-0.39, 0.29) is 5.78 Å². The highest BCUT2D eigenvalue weighted by atomic mass is 16.4. The summed E-state index contributed by atoms with van der Waals surface area (Å²) >= 11 is 0. The van der Waals surface area contributed by atoms with Gasteiger partial charge in [-0.25, -0.2) is 0 Å². The van der Waals surface area contributed by atoms with Gasteiger partial charge in [-0.3, -0.25) is 4.79 Å². The lowest BCUT2D eigenvalue weighted by atomic mass is 9.96. The first kappa shape index (κ1) is 11.4. The minimum absolute atomic E-state index is 0.307. The van der Waals surface area contributed by atoms with E-state index in [2.05, 4.69) is 0 Å². The lowest BCUT2D eigenvalue weighted by Gasteiger charge is -2.14. The van der Waals surface area contributed by atoms with Crippen LogP contribution in [0.1, 0.15) is 18.9 Å². The fourth-order valence-electron chi connectivity index (χ4n) is 1.44. The van der Waals surface area contributed by atoms with Crippen LogP contribution >= 0.6 is 0 Å². The fourth-order valence-corrected chi connectivity index (χ4v) is 1.44. The van der Waals surface area contributed by atoms with Crippen LogP contribution in [-0.4, -0.2) is 11.8 Å². The molecule has 80 valence electrons. The number of carboxylic acid groups (broad SMARTS) is 1. The second-order valence-electron chi connectivity index (χ2n) is 3.51. The van der Waals surface area contributed by atoms with Crippen molar-refractivity contribution in [1.29, 1.82) is 0 Å². The minimum Gasteiger partial charge on any atom is -0.549 e. The summed E-state index contributed by atoms with van der Waals surface area (Å²) in [4.78, 5) is 21.6. The van der Waals surface area contributed by atoms with E-state index in [1.54, 1.807) is 0 Å². The number of carbonyl (C=O) groups excluding carboxylic acids is 2. The summed E-state index contributed by atoms with van der Waals surface area (Å²) < 4.78 is 0. The lowest BCUT2D eigenvalue weighted by molar-refractivity contribution is -0.310. The van der Waals surface area contributed by atoms with Crippen LogP contribution in [0, 0.1) is 5.92 Å². The average Bonchev–Trinajstić information content (AvgIpc) is 2.18. The Hall–Kier alpha value is -1.64. The molecule has 3 heteroatoms. The standard InChI is InChI=1S/C12H14O3/c1-9(13)11(12(14)15)8-7-10-5-3-2-4-6-10/h2-6,11H,7-8H2,1H3,(H,14,15)/p-1. The summed E-state index contributed by atoms with van der Waals surface area (Å²) in [7, 11) is 0. The fraction of sp³-hybridized carbons (Fsp3) is 0.333. The second kappa shape index (κ2) is 5.29.